The lowest BCUT2D eigenvalue weighted by atomic mass is 9.94. The molecule has 0 aromatic heterocycles. The summed E-state index contributed by atoms with van der Waals surface area (Å²) in [6.45, 7) is 6.34. The van der Waals surface area contributed by atoms with Gasteiger partial charge in [0.15, 0.2) is 5.11 Å². The fraction of sp³-hybridized carbons (Fsp3) is 0.304. The molecular formula is C23H27N3O5S2. The van der Waals surface area contributed by atoms with Gasteiger partial charge in [-0.15, -0.1) is 0 Å². The number of hydrogen-bond acceptors (Lipinski definition) is 6. The van der Waals surface area contributed by atoms with Crippen LogP contribution in [-0.4, -0.2) is 44.7 Å². The van der Waals surface area contributed by atoms with Crippen LogP contribution in [0.3, 0.4) is 0 Å². The summed E-state index contributed by atoms with van der Waals surface area (Å²) in [4.78, 5) is 14.7. The van der Waals surface area contributed by atoms with Crippen LogP contribution in [0.4, 0.5) is 5.69 Å². The molecule has 8 nitrogen and oxygen atoms in total. The number of sulfonamides is 1. The number of thiocarbonyl (C=S) groups is 1. The molecule has 1 unspecified atom stereocenters. The molecule has 0 saturated heterocycles. The average molecular weight is 490 g/mol. The zero-order valence-electron chi connectivity index (χ0n) is 18.9. The van der Waals surface area contributed by atoms with Gasteiger partial charge in [-0.25, -0.2) is 13.2 Å². The van der Waals surface area contributed by atoms with Crippen molar-refractivity contribution in [1.29, 1.82) is 0 Å². The number of methoxy groups -OCH3 is 1. The largest absolute Gasteiger partial charge is 0.497 e. The molecule has 0 aliphatic carbocycles. The summed E-state index contributed by atoms with van der Waals surface area (Å²) in [7, 11) is -2.31. The van der Waals surface area contributed by atoms with Gasteiger partial charge in [-0.1, -0.05) is 12.1 Å². The number of nitrogens with one attached hydrogen (secondary N) is 2. The molecular weight excluding hydrogens is 462 g/mol. The number of ether oxygens (including phenoxy) is 2. The Morgan fingerprint density at radius 2 is 1.88 bits per heavy atom. The van der Waals surface area contributed by atoms with Crippen molar-refractivity contribution in [2.24, 2.45) is 0 Å². The van der Waals surface area contributed by atoms with Gasteiger partial charge in [0.05, 0.1) is 30.2 Å². The first kappa shape index (κ1) is 24.5. The van der Waals surface area contributed by atoms with Crippen molar-refractivity contribution in [3.05, 3.63) is 65.4 Å². The van der Waals surface area contributed by atoms with Crippen molar-refractivity contribution in [2.75, 3.05) is 25.0 Å². The summed E-state index contributed by atoms with van der Waals surface area (Å²) in [5.74, 6) is 0.114. The number of hydrogen-bond donors (Lipinski definition) is 2. The summed E-state index contributed by atoms with van der Waals surface area (Å²) in [5, 5.41) is 3.68. The highest BCUT2D eigenvalue weighted by Crippen LogP contribution is 2.32. The van der Waals surface area contributed by atoms with Crippen LogP contribution in [-0.2, 0) is 19.6 Å². The van der Waals surface area contributed by atoms with Gasteiger partial charge in [-0.2, -0.15) is 0 Å². The normalized spacial score (nSPS) is 16.3. The van der Waals surface area contributed by atoms with Gasteiger partial charge in [0.25, 0.3) is 10.0 Å². The molecule has 1 aliphatic rings. The number of rotatable bonds is 8. The van der Waals surface area contributed by atoms with Crippen LogP contribution in [0.5, 0.6) is 5.75 Å². The molecule has 1 atom stereocenters. The second-order valence-corrected chi connectivity index (χ2v) is 9.32. The van der Waals surface area contributed by atoms with Gasteiger partial charge >= 0.3 is 5.97 Å². The van der Waals surface area contributed by atoms with E-state index in [0.717, 1.165) is 0 Å². The van der Waals surface area contributed by atoms with Crippen molar-refractivity contribution in [3.8, 4) is 5.75 Å². The molecule has 0 amide bonds. The van der Waals surface area contributed by atoms with Gasteiger partial charge in [0.1, 0.15) is 5.75 Å². The molecule has 1 aliphatic heterocycles. The maximum Gasteiger partial charge on any atom is 0.338 e. The van der Waals surface area contributed by atoms with E-state index < -0.39 is 22.0 Å². The van der Waals surface area contributed by atoms with Gasteiger partial charge in [-0.3, -0.25) is 4.72 Å². The number of carbonyl (C=O) groups is 1. The fourth-order valence-electron chi connectivity index (χ4n) is 3.64. The molecule has 33 heavy (non-hydrogen) atoms. The first-order valence-corrected chi connectivity index (χ1v) is 12.3. The van der Waals surface area contributed by atoms with Crippen LogP contribution in [0.1, 0.15) is 32.4 Å². The van der Waals surface area contributed by atoms with Gasteiger partial charge in [0, 0.05) is 17.9 Å². The van der Waals surface area contributed by atoms with Crippen molar-refractivity contribution in [2.45, 2.75) is 31.7 Å². The molecule has 0 bridgehead atoms. The predicted octanol–water partition coefficient (Wildman–Crippen LogP) is 3.58. The van der Waals surface area contributed by atoms with Crippen LogP contribution in [0.2, 0.25) is 0 Å². The molecule has 0 radical (unpaired) electrons. The van der Waals surface area contributed by atoms with Crippen LogP contribution >= 0.6 is 12.2 Å². The SMILES string of the molecule is CCOC(=O)C1=C(C)N(CC)C(=S)NC1c1cccc(NS(=O)(=O)c2ccc(OC)cc2)c1. The topological polar surface area (TPSA) is 97.0 Å². The predicted molar refractivity (Wildman–Crippen MR) is 130 cm³/mol. The quantitative estimate of drug-likeness (QED) is 0.429. The minimum absolute atomic E-state index is 0.104. The molecule has 2 N–H and O–H groups in total. The van der Waals surface area contributed by atoms with E-state index in [9.17, 15) is 13.2 Å². The Balaban J connectivity index is 1.96. The summed E-state index contributed by atoms with van der Waals surface area (Å²) < 4.78 is 38.7. The number of carbonyl (C=O) groups excluding carboxylic acids is 1. The Bertz CT molecular complexity index is 1180. The molecule has 10 heteroatoms. The monoisotopic (exact) mass is 489 g/mol. The lowest BCUT2D eigenvalue weighted by molar-refractivity contribution is -0.139. The standard InChI is InChI=1S/C23H27N3O5S2/c1-5-26-15(3)20(22(27)31-6-2)21(24-23(26)32)16-8-7-9-17(14-16)25-33(28,29)19-12-10-18(30-4)11-13-19/h7-14,21,25H,5-6H2,1-4H3,(H,24,32). The molecule has 0 saturated carbocycles. The Kier molecular flexibility index (Phi) is 7.60. The first-order valence-electron chi connectivity index (χ1n) is 10.4. The van der Waals surface area contributed by atoms with E-state index in [1.165, 1.54) is 19.2 Å². The van der Waals surface area contributed by atoms with E-state index in [4.69, 9.17) is 21.7 Å². The number of benzene rings is 2. The molecule has 0 spiro atoms. The van der Waals surface area contributed by atoms with E-state index in [-0.39, 0.29) is 11.5 Å². The number of esters is 1. The fourth-order valence-corrected chi connectivity index (χ4v) is 5.07. The minimum atomic E-state index is -3.82. The van der Waals surface area contributed by atoms with Crippen LogP contribution < -0.4 is 14.8 Å². The third-order valence-corrected chi connectivity index (χ3v) is 6.99. The molecule has 1 heterocycles. The summed E-state index contributed by atoms with van der Waals surface area (Å²) >= 11 is 5.50. The minimum Gasteiger partial charge on any atom is -0.497 e. The summed E-state index contributed by atoms with van der Waals surface area (Å²) in [5.41, 5.74) is 2.16. The summed E-state index contributed by atoms with van der Waals surface area (Å²) in [6, 6.07) is 12.4. The second kappa shape index (κ2) is 10.2. The number of nitrogens with zero attached hydrogens (tertiary/aromatic N) is 1. The van der Waals surface area contributed by atoms with Crippen molar-refractivity contribution < 1.29 is 22.7 Å². The maximum atomic E-state index is 12.9. The van der Waals surface area contributed by atoms with Crippen LogP contribution in [0.25, 0.3) is 0 Å². The van der Waals surface area contributed by atoms with Gasteiger partial charge in [0.2, 0.25) is 0 Å². The Labute approximate surface area is 199 Å². The van der Waals surface area contributed by atoms with Gasteiger partial charge < -0.3 is 19.7 Å². The smallest absolute Gasteiger partial charge is 0.338 e. The third-order valence-electron chi connectivity index (χ3n) is 5.25. The molecule has 2 aromatic carbocycles. The van der Waals surface area contributed by atoms with Crippen LogP contribution in [0.15, 0.2) is 64.7 Å². The molecule has 3 rings (SSSR count). The zero-order chi connectivity index (χ0) is 24.2. The van der Waals surface area contributed by atoms with Crippen LogP contribution in [0, 0.1) is 0 Å². The third kappa shape index (κ3) is 5.28. The molecule has 0 fully saturated rings. The van der Waals surface area contributed by atoms with E-state index in [0.29, 0.717) is 39.9 Å². The van der Waals surface area contributed by atoms with Crippen molar-refractivity contribution in [1.82, 2.24) is 10.2 Å². The molecule has 176 valence electrons. The number of anilines is 1. The van der Waals surface area contributed by atoms with Gasteiger partial charge in [-0.05, 0) is 75.0 Å². The highest BCUT2D eigenvalue weighted by atomic mass is 32.2. The van der Waals surface area contributed by atoms with E-state index in [1.54, 1.807) is 43.3 Å². The zero-order valence-corrected chi connectivity index (χ0v) is 20.5. The first-order chi connectivity index (χ1) is 15.7. The second-order valence-electron chi connectivity index (χ2n) is 7.25. The van der Waals surface area contributed by atoms with Crippen molar-refractivity contribution in [3.63, 3.8) is 0 Å². The highest BCUT2D eigenvalue weighted by Gasteiger charge is 2.34. The molecule has 2 aromatic rings. The maximum absolute atomic E-state index is 12.9. The van der Waals surface area contributed by atoms with E-state index in [2.05, 4.69) is 10.0 Å². The lowest BCUT2D eigenvalue weighted by Gasteiger charge is -2.37. The summed E-state index contributed by atoms with van der Waals surface area (Å²) in [6.07, 6.45) is 0. The highest BCUT2D eigenvalue weighted by molar-refractivity contribution is 7.92. The Morgan fingerprint density at radius 1 is 1.18 bits per heavy atom. The number of allylic oxidation sites excluding steroid dienone is 1. The lowest BCUT2D eigenvalue weighted by Crippen LogP contribution is -2.47. The van der Waals surface area contributed by atoms with Crippen molar-refractivity contribution >= 4 is 39.0 Å². The Morgan fingerprint density at radius 3 is 2.48 bits per heavy atom. The average Bonchev–Trinajstić information content (AvgIpc) is 2.79. The Hall–Kier alpha value is -3.11. The van der Waals surface area contributed by atoms with E-state index in [1.807, 2.05) is 18.7 Å². The van der Waals surface area contributed by atoms with E-state index >= 15 is 0 Å².